The van der Waals surface area contributed by atoms with Crippen molar-refractivity contribution in [3.63, 3.8) is 0 Å². The van der Waals surface area contributed by atoms with Crippen molar-refractivity contribution in [2.24, 2.45) is 0 Å². The average Bonchev–Trinajstić information content (AvgIpc) is 1.89. The molecule has 0 saturated carbocycles. The number of carbonyl (C=O) groups excluding carboxylic acids is 1. The Morgan fingerprint density at radius 2 is 2.22 bits per heavy atom. The van der Waals surface area contributed by atoms with Gasteiger partial charge >= 0.3 is 0 Å². The zero-order valence-electron chi connectivity index (χ0n) is 6.03. The highest BCUT2D eigenvalue weighted by molar-refractivity contribution is 5.75. The van der Waals surface area contributed by atoms with Crippen LogP contribution in [0.3, 0.4) is 0 Å². The lowest BCUT2D eigenvalue weighted by Crippen LogP contribution is -2.24. The summed E-state index contributed by atoms with van der Waals surface area (Å²) < 4.78 is 0. The predicted molar refractivity (Wildman–Crippen MR) is 37.2 cm³/mol. The van der Waals surface area contributed by atoms with Crippen molar-refractivity contribution < 1.29 is 4.79 Å². The summed E-state index contributed by atoms with van der Waals surface area (Å²) in [6.07, 6.45) is 0.574. The third kappa shape index (κ3) is 5.30. The Hall–Kier alpha value is -0.570. The van der Waals surface area contributed by atoms with Crippen LogP contribution in [0.4, 0.5) is 0 Å². The molecule has 0 bridgehead atoms. The number of rotatable bonds is 4. The second-order valence-electron chi connectivity index (χ2n) is 1.78. The minimum Gasteiger partial charge on any atom is -0.359 e. The molecule has 0 aliphatic carbocycles. The molecule has 0 rings (SSSR count). The number of carbonyl (C=O) groups is 1. The topological polar surface area (TPSA) is 41.1 Å². The molecule has 0 radical (unpaired) electrons. The molecule has 0 fully saturated rings. The zero-order chi connectivity index (χ0) is 7.11. The Kier molecular flexibility index (Phi) is 5.21. The van der Waals surface area contributed by atoms with Gasteiger partial charge in [0.2, 0.25) is 5.91 Å². The van der Waals surface area contributed by atoms with E-state index in [4.69, 9.17) is 0 Å². The molecule has 0 aromatic heterocycles. The quantitative estimate of drug-likeness (QED) is 0.514. The van der Waals surface area contributed by atoms with Crippen LogP contribution in [0.15, 0.2) is 0 Å². The summed E-state index contributed by atoms with van der Waals surface area (Å²) in [4.78, 5) is 10.5. The van der Waals surface area contributed by atoms with Gasteiger partial charge in [0.25, 0.3) is 0 Å². The molecule has 9 heavy (non-hydrogen) atoms. The van der Waals surface area contributed by atoms with Crippen LogP contribution in [0.25, 0.3) is 0 Å². The molecule has 54 valence electrons. The van der Waals surface area contributed by atoms with E-state index in [2.05, 4.69) is 10.6 Å². The molecule has 0 unspecified atom stereocenters. The second kappa shape index (κ2) is 5.56. The number of hydrogen-bond acceptors (Lipinski definition) is 2. The van der Waals surface area contributed by atoms with E-state index in [1.807, 2.05) is 6.92 Å². The number of nitrogens with one attached hydrogen (secondary N) is 2. The largest absolute Gasteiger partial charge is 0.359 e. The fraction of sp³-hybridized carbons (Fsp3) is 0.833. The van der Waals surface area contributed by atoms with Crippen molar-refractivity contribution in [2.75, 3.05) is 20.1 Å². The van der Waals surface area contributed by atoms with Crippen LogP contribution >= 0.6 is 0 Å². The van der Waals surface area contributed by atoms with E-state index in [-0.39, 0.29) is 5.91 Å². The van der Waals surface area contributed by atoms with Gasteiger partial charge in [0.05, 0.1) is 0 Å². The van der Waals surface area contributed by atoms with Crippen molar-refractivity contribution in [1.82, 2.24) is 10.6 Å². The van der Waals surface area contributed by atoms with Crippen LogP contribution in [0.1, 0.15) is 13.3 Å². The Labute approximate surface area is 55.8 Å². The van der Waals surface area contributed by atoms with Crippen LogP contribution in [0.2, 0.25) is 0 Å². The van der Waals surface area contributed by atoms with Gasteiger partial charge in [-0.2, -0.15) is 0 Å². The molecule has 3 heteroatoms. The maximum absolute atomic E-state index is 10.5. The fourth-order valence-electron chi connectivity index (χ4n) is 0.504. The first-order chi connectivity index (χ1) is 4.31. The lowest BCUT2D eigenvalue weighted by atomic mass is 10.4. The van der Waals surface area contributed by atoms with E-state index in [9.17, 15) is 4.79 Å². The normalized spacial score (nSPS) is 9.11. The predicted octanol–water partition coefficient (Wildman–Crippen LogP) is -0.268. The maximum atomic E-state index is 10.5. The SMILES string of the molecule is CCNCCC(=O)NC. The Morgan fingerprint density at radius 1 is 1.56 bits per heavy atom. The molecule has 0 atom stereocenters. The molecule has 0 aromatic rings. The molecule has 2 N–H and O–H groups in total. The van der Waals surface area contributed by atoms with E-state index in [0.717, 1.165) is 13.1 Å². The molecule has 0 heterocycles. The molecule has 0 spiro atoms. The highest BCUT2D eigenvalue weighted by Gasteiger charge is 1.93. The second-order valence-corrected chi connectivity index (χ2v) is 1.78. The van der Waals surface area contributed by atoms with Crippen molar-refractivity contribution in [1.29, 1.82) is 0 Å². The molecule has 1 amide bonds. The van der Waals surface area contributed by atoms with Gasteiger partial charge in [-0.25, -0.2) is 0 Å². The van der Waals surface area contributed by atoms with Gasteiger partial charge in [0.15, 0.2) is 0 Å². The van der Waals surface area contributed by atoms with Crippen LogP contribution in [-0.4, -0.2) is 26.0 Å². The van der Waals surface area contributed by atoms with Gasteiger partial charge in [0, 0.05) is 20.0 Å². The van der Waals surface area contributed by atoms with Crippen molar-refractivity contribution in [3.8, 4) is 0 Å². The van der Waals surface area contributed by atoms with Crippen LogP contribution in [0.5, 0.6) is 0 Å². The van der Waals surface area contributed by atoms with Crippen LogP contribution in [0, 0.1) is 0 Å². The number of hydrogen-bond donors (Lipinski definition) is 2. The monoisotopic (exact) mass is 130 g/mol. The highest BCUT2D eigenvalue weighted by atomic mass is 16.1. The summed E-state index contributed by atoms with van der Waals surface area (Å²) in [6, 6.07) is 0. The van der Waals surface area contributed by atoms with Gasteiger partial charge in [-0.3, -0.25) is 4.79 Å². The average molecular weight is 130 g/mol. The molecule has 0 aromatic carbocycles. The van der Waals surface area contributed by atoms with Crippen molar-refractivity contribution in [2.45, 2.75) is 13.3 Å². The Balaban J connectivity index is 2.97. The van der Waals surface area contributed by atoms with Crippen LogP contribution < -0.4 is 10.6 Å². The summed E-state index contributed by atoms with van der Waals surface area (Å²) in [5.41, 5.74) is 0. The Morgan fingerprint density at radius 3 is 2.67 bits per heavy atom. The highest BCUT2D eigenvalue weighted by Crippen LogP contribution is 1.73. The maximum Gasteiger partial charge on any atom is 0.221 e. The molecular formula is C6H14N2O. The van der Waals surface area contributed by atoms with Crippen molar-refractivity contribution >= 4 is 5.91 Å². The minimum atomic E-state index is 0.0935. The van der Waals surface area contributed by atoms with Gasteiger partial charge in [-0.1, -0.05) is 6.92 Å². The van der Waals surface area contributed by atoms with Gasteiger partial charge in [-0.05, 0) is 6.54 Å². The first kappa shape index (κ1) is 8.43. The lowest BCUT2D eigenvalue weighted by molar-refractivity contribution is -0.120. The third-order valence-corrected chi connectivity index (χ3v) is 1.06. The van der Waals surface area contributed by atoms with Gasteiger partial charge in [-0.15, -0.1) is 0 Å². The Bertz CT molecular complexity index is 83.1. The van der Waals surface area contributed by atoms with Crippen LogP contribution in [-0.2, 0) is 4.79 Å². The fourth-order valence-corrected chi connectivity index (χ4v) is 0.504. The summed E-state index contributed by atoms with van der Waals surface area (Å²) in [6.45, 7) is 3.72. The molecule has 0 saturated heterocycles. The third-order valence-electron chi connectivity index (χ3n) is 1.06. The van der Waals surface area contributed by atoms with E-state index < -0.39 is 0 Å². The first-order valence-corrected chi connectivity index (χ1v) is 3.22. The first-order valence-electron chi connectivity index (χ1n) is 3.22. The van der Waals surface area contributed by atoms with Gasteiger partial charge < -0.3 is 10.6 Å². The van der Waals surface area contributed by atoms with E-state index in [1.165, 1.54) is 0 Å². The van der Waals surface area contributed by atoms with Gasteiger partial charge in [0.1, 0.15) is 0 Å². The van der Waals surface area contributed by atoms with E-state index in [0.29, 0.717) is 6.42 Å². The van der Waals surface area contributed by atoms with E-state index in [1.54, 1.807) is 7.05 Å². The van der Waals surface area contributed by atoms with Crippen molar-refractivity contribution in [3.05, 3.63) is 0 Å². The molecule has 0 aliphatic rings. The summed E-state index contributed by atoms with van der Waals surface area (Å²) in [7, 11) is 1.65. The minimum absolute atomic E-state index is 0.0935. The summed E-state index contributed by atoms with van der Waals surface area (Å²) >= 11 is 0. The molecule has 0 aliphatic heterocycles. The number of amides is 1. The molecule has 3 nitrogen and oxygen atoms in total. The molecular weight excluding hydrogens is 116 g/mol. The smallest absolute Gasteiger partial charge is 0.221 e. The summed E-state index contributed by atoms with van der Waals surface area (Å²) in [5.74, 6) is 0.0935. The summed E-state index contributed by atoms with van der Waals surface area (Å²) in [5, 5.41) is 5.60. The zero-order valence-corrected chi connectivity index (χ0v) is 6.03. The lowest BCUT2D eigenvalue weighted by Gasteiger charge is -1.98. The van der Waals surface area contributed by atoms with E-state index >= 15 is 0 Å². The standard InChI is InChI=1S/C6H14N2O/c1-3-8-5-4-6(9)7-2/h8H,3-5H2,1-2H3,(H,7,9).